The molecule has 2 atom stereocenters. The summed E-state index contributed by atoms with van der Waals surface area (Å²) in [6.07, 6.45) is 7.16. The fourth-order valence-corrected chi connectivity index (χ4v) is 3.94. The Kier molecular flexibility index (Phi) is 448. The lowest BCUT2D eigenvalue weighted by atomic mass is 10.0. The number of hydrogen-bond donors (Lipinski definition) is 12. The van der Waals surface area contributed by atoms with Crippen LogP contribution in [0.4, 0.5) is 0 Å². The van der Waals surface area contributed by atoms with E-state index in [4.69, 9.17) is 53.1 Å². The Morgan fingerprint density at radius 2 is 0.653 bits per heavy atom. The molecule has 0 bridgehead atoms. The molecule has 0 radical (unpaired) electrons. The minimum Gasteiger partial charge on any atom is -0.394 e. The van der Waals surface area contributed by atoms with Crippen molar-refractivity contribution < 1.29 is 67.4 Å². The van der Waals surface area contributed by atoms with Crippen molar-refractivity contribution in [2.75, 3.05) is 55.4 Å². The van der Waals surface area contributed by atoms with E-state index < -0.39 is 12.1 Å². The summed E-state index contributed by atoms with van der Waals surface area (Å²) in [5.41, 5.74) is 24.9. The van der Waals surface area contributed by atoms with Crippen LogP contribution in [0.15, 0.2) is 60.7 Å². The van der Waals surface area contributed by atoms with Crippen molar-refractivity contribution in [3.8, 4) is 0 Å². The van der Waals surface area contributed by atoms with Gasteiger partial charge in [-0.2, -0.15) is 0 Å². The van der Waals surface area contributed by atoms with Crippen LogP contribution in [0.5, 0.6) is 0 Å². The normalized spacial score (nSPS) is 8.04. The third-order valence-corrected chi connectivity index (χ3v) is 7.82. The number of hydrogen-bond acceptors (Lipinski definition) is 24. The van der Waals surface area contributed by atoms with Crippen LogP contribution in [0.3, 0.4) is 0 Å². The van der Waals surface area contributed by atoms with Gasteiger partial charge in [-0.05, 0) is 111 Å². The predicted octanol–water partition coefficient (Wildman–Crippen LogP) is 10.9. The summed E-state index contributed by atoms with van der Waals surface area (Å²) >= 11 is 0. The highest BCUT2D eigenvalue weighted by Gasteiger charge is 2.29. The Morgan fingerprint density at radius 3 is 0.821 bits per heavy atom. The van der Waals surface area contributed by atoms with Gasteiger partial charge >= 0.3 is 0 Å². The summed E-state index contributed by atoms with van der Waals surface area (Å²) < 4.78 is 0. The van der Waals surface area contributed by atoms with Crippen molar-refractivity contribution in [1.82, 2.24) is 45.9 Å². The molecule has 2 aromatic rings. The first-order valence-corrected chi connectivity index (χ1v) is 29.7. The minimum absolute atomic E-state index is 0. The molecule has 1 saturated heterocycles. The second-order valence-corrected chi connectivity index (χ2v) is 15.2. The van der Waals surface area contributed by atoms with E-state index in [0.29, 0.717) is 6.42 Å². The molecule has 0 unspecified atom stereocenters. The van der Waals surface area contributed by atoms with E-state index in [2.05, 4.69) is 127 Å². The van der Waals surface area contributed by atoms with Crippen LogP contribution in [-0.2, 0) is 75.2 Å². The van der Waals surface area contributed by atoms with E-state index in [9.17, 15) is 14.4 Å². The number of aryl methyl sites for hydroxylation is 1. The summed E-state index contributed by atoms with van der Waals surface area (Å²) in [6.45, 7) is 66.0. The molecule has 1 aliphatic rings. The van der Waals surface area contributed by atoms with Gasteiger partial charge in [-0.15, -0.1) is 0 Å². The molecule has 1 heterocycles. The highest BCUT2D eigenvalue weighted by atomic mass is 16.3. The molecule has 3 amide bonds. The SMILES string of the molecule is C=O.C=O.C=O.C=O.C=O.C=O.C=O.C=O.C=O.C=O.CC.CC.CC.CC.CC(=O)N(C)[C@@H](Cc1ccccc1)C(=O)N[C@@H](C)C(=O)N1CCCCC1.CC(C)C.CC(C)O.CCC(C)C.CCC(C)C.CCc1ccccc1.CN.CN.CN.CN.CN.N.N.N.N.N. The van der Waals surface area contributed by atoms with E-state index in [-0.39, 0.29) is 54.6 Å². The zero-order chi connectivity index (χ0) is 78.6. The number of amides is 3. The lowest BCUT2D eigenvalue weighted by Crippen LogP contribution is -2.54. The molecule has 27 nitrogen and oxygen atoms in total. The van der Waals surface area contributed by atoms with Gasteiger partial charge in [0, 0.05) is 39.6 Å². The van der Waals surface area contributed by atoms with Crippen molar-refractivity contribution in [2.45, 2.75) is 215 Å². The van der Waals surface area contributed by atoms with Gasteiger partial charge in [0.25, 0.3) is 0 Å². The molecular weight excluding hydrogens is 1220 g/mol. The highest BCUT2D eigenvalue weighted by molar-refractivity contribution is 5.91. The molecule has 0 aliphatic carbocycles. The maximum absolute atomic E-state index is 12.8. The number of carbonyl (C=O) groups excluding carboxylic acids is 13. The van der Waals surface area contributed by atoms with Gasteiger partial charge in [0.1, 0.15) is 80.0 Å². The lowest BCUT2D eigenvalue weighted by Gasteiger charge is -2.31. The van der Waals surface area contributed by atoms with E-state index in [1.165, 1.54) is 65.5 Å². The number of likely N-dealkylation sites (tertiary alicyclic amines) is 1. The van der Waals surface area contributed by atoms with Crippen LogP contribution in [0.1, 0.15) is 196 Å². The lowest BCUT2D eigenvalue weighted by molar-refractivity contribution is -0.140. The molecule has 2 aromatic carbocycles. The second-order valence-electron chi connectivity index (χ2n) is 15.2. The summed E-state index contributed by atoms with van der Waals surface area (Å²) in [7, 11) is 9.12. The molecule has 586 valence electrons. The average Bonchev–Trinajstić information content (AvgIpc) is 3.23. The summed E-state index contributed by atoms with van der Waals surface area (Å²) in [5, 5.41) is 10.9. The number of aliphatic hydroxyl groups excluding tert-OH is 1. The van der Waals surface area contributed by atoms with Gasteiger partial charge in [-0.3, -0.25) is 14.4 Å². The number of nitrogens with two attached hydrogens (primary N) is 5. The van der Waals surface area contributed by atoms with E-state index >= 15 is 0 Å². The third kappa shape index (κ3) is 242. The van der Waals surface area contributed by atoms with Gasteiger partial charge in [-0.1, -0.05) is 198 Å². The first kappa shape index (κ1) is 179. The molecule has 95 heavy (non-hydrogen) atoms. The Labute approximate surface area is 585 Å². The number of nitrogens with one attached hydrogen (secondary N) is 1. The van der Waals surface area contributed by atoms with Crippen molar-refractivity contribution in [2.24, 2.45) is 46.4 Å². The van der Waals surface area contributed by atoms with Crippen molar-refractivity contribution in [3.63, 3.8) is 0 Å². The summed E-state index contributed by atoms with van der Waals surface area (Å²) in [4.78, 5) is 120. The molecular formula is C68H165N13O14. The smallest absolute Gasteiger partial charge is 0.244 e. The molecule has 27 N–H and O–H groups in total. The molecule has 3 rings (SSSR count). The van der Waals surface area contributed by atoms with Crippen molar-refractivity contribution in [3.05, 3.63) is 71.8 Å². The van der Waals surface area contributed by atoms with Crippen LogP contribution in [-0.4, -0.2) is 174 Å². The number of carbonyl (C=O) groups is 13. The number of aliphatic hydroxyl groups is 1. The van der Waals surface area contributed by atoms with Crippen LogP contribution in [0.2, 0.25) is 0 Å². The average molecular weight is 1390 g/mol. The molecule has 1 fully saturated rings. The van der Waals surface area contributed by atoms with Gasteiger partial charge in [0.05, 0.1) is 0 Å². The predicted molar refractivity (Wildman–Crippen MR) is 417 cm³/mol. The Bertz CT molecular complexity index is 1290. The summed E-state index contributed by atoms with van der Waals surface area (Å²) in [5.74, 6) is 2.06. The van der Waals surface area contributed by atoms with Gasteiger partial charge in [0.15, 0.2) is 0 Å². The Hall–Kier alpha value is -6.89. The zero-order valence-electron chi connectivity index (χ0n) is 66.7. The number of piperidine rings is 1. The highest BCUT2D eigenvalue weighted by Crippen LogP contribution is 2.12. The van der Waals surface area contributed by atoms with Crippen LogP contribution in [0, 0.1) is 17.8 Å². The van der Waals surface area contributed by atoms with Gasteiger partial charge < -0.3 is 128 Å². The topological polar surface area (TPSA) is 566 Å². The third-order valence-electron chi connectivity index (χ3n) is 7.82. The Balaban J connectivity index is -0.0000000229. The second kappa shape index (κ2) is 238. The number of nitrogens with zero attached hydrogens (tertiary/aromatic N) is 2. The van der Waals surface area contributed by atoms with Crippen molar-refractivity contribution >= 4 is 85.6 Å². The van der Waals surface area contributed by atoms with Crippen LogP contribution < -0.4 is 64.7 Å². The molecule has 0 saturated carbocycles. The monoisotopic (exact) mass is 1390 g/mol. The Morgan fingerprint density at radius 1 is 0.453 bits per heavy atom. The first-order valence-electron chi connectivity index (χ1n) is 29.7. The van der Waals surface area contributed by atoms with E-state index in [0.717, 1.165) is 62.1 Å². The maximum Gasteiger partial charge on any atom is 0.244 e. The molecule has 0 aromatic heterocycles. The number of rotatable bonds is 9. The fourth-order valence-electron chi connectivity index (χ4n) is 3.94. The standard InChI is InChI=1S/C20H29N3O3.C8H10.2C5H12.C4H10.C3H8O.4C2H6.5CH5N.10CH2O.5H3N/c1-15(20(26)23-12-8-5-9-13-23)21-19(25)18(22(3)16(2)24)14-17-10-6-4-7-11-17;1-2-8-6-4-3-5-7-8;2*1-4-5(2)3;1-4(2)3;1-3(2)4;19*1-2;;;;;/h4,6-7,10-11,15,18H,5,8-9,12-14H2,1-3H3,(H,21,25);3-7H,2H2,1H3;2*5H,4H2,1-3H3;4H,1-3H3;3-4H,1-2H3;4*1-2H3;5*2H2,1H3;10*1H2;5*1H3/t15-,18-;;;;;;;;;;;;;;;;;;;;;;;;;;;;;/m0............................./s1. The van der Waals surface area contributed by atoms with Gasteiger partial charge in [0.2, 0.25) is 17.7 Å². The molecule has 27 heteroatoms. The van der Waals surface area contributed by atoms with Crippen LogP contribution >= 0.6 is 0 Å². The maximum atomic E-state index is 12.8. The van der Waals surface area contributed by atoms with E-state index in [1.54, 1.807) is 27.8 Å². The zero-order valence-corrected chi connectivity index (χ0v) is 66.7. The fraction of sp³-hybridized carbons (Fsp3) is 0.632. The van der Waals surface area contributed by atoms with Crippen LogP contribution in [0.25, 0.3) is 0 Å². The molecule has 0 spiro atoms. The number of benzene rings is 2. The number of likely N-dealkylation sites (N-methyl/N-ethyl adjacent to an activating group) is 1. The van der Waals surface area contributed by atoms with Crippen molar-refractivity contribution in [1.29, 1.82) is 0 Å². The summed E-state index contributed by atoms with van der Waals surface area (Å²) in [6, 6.07) is 18.8. The minimum atomic E-state index is -0.647. The molecule has 1 aliphatic heterocycles. The quantitative estimate of drug-likeness (QED) is 0.111. The van der Waals surface area contributed by atoms with E-state index in [1.807, 2.05) is 165 Å². The first-order chi connectivity index (χ1) is 43.3. The largest absolute Gasteiger partial charge is 0.394 e. The van der Waals surface area contributed by atoms with Gasteiger partial charge in [-0.25, -0.2) is 0 Å².